The Bertz CT molecular complexity index is 1050. The maximum Gasteiger partial charge on any atom is 0.491 e. The van der Waals surface area contributed by atoms with Crippen molar-refractivity contribution in [2.24, 2.45) is 0 Å². The molecule has 0 aliphatic carbocycles. The molecule has 0 bridgehead atoms. The number of esters is 1. The molecule has 2 heterocycles. The van der Waals surface area contributed by atoms with Crippen LogP contribution in [0.4, 0.5) is 0 Å². The number of fused-ring (bicyclic) bond motifs is 2. The highest BCUT2D eigenvalue weighted by Crippen LogP contribution is 2.19. The number of hydrogen-bond donors (Lipinski definition) is 3. The molecule has 28 heavy (non-hydrogen) atoms. The second-order valence-corrected chi connectivity index (χ2v) is 6.69. The highest BCUT2D eigenvalue weighted by molar-refractivity contribution is 6.61. The average molecular weight is 378 g/mol. The maximum absolute atomic E-state index is 12.7. The van der Waals surface area contributed by atoms with Crippen molar-refractivity contribution in [3.05, 3.63) is 65.4 Å². The summed E-state index contributed by atoms with van der Waals surface area (Å²) < 4.78 is 10.0. The van der Waals surface area contributed by atoms with Crippen LogP contribution in [0.1, 0.15) is 21.5 Å². The zero-order valence-corrected chi connectivity index (χ0v) is 15.3. The second-order valence-electron chi connectivity index (χ2n) is 6.69. The normalized spacial score (nSPS) is 14.0. The van der Waals surface area contributed by atoms with Crippen LogP contribution in [0.25, 0.3) is 10.9 Å². The van der Waals surface area contributed by atoms with Gasteiger partial charge in [-0.3, -0.25) is 4.79 Å². The Morgan fingerprint density at radius 1 is 1.32 bits per heavy atom. The molecule has 1 aliphatic rings. The number of rotatable bonds is 5. The van der Waals surface area contributed by atoms with E-state index in [-0.39, 0.29) is 0 Å². The number of hydrogen-bond acceptors (Lipinski definition) is 5. The lowest BCUT2D eigenvalue weighted by molar-refractivity contribution is -0.142. The van der Waals surface area contributed by atoms with Gasteiger partial charge in [0.15, 0.2) is 0 Å². The Balaban J connectivity index is 1.56. The lowest BCUT2D eigenvalue weighted by Crippen LogP contribution is -2.43. The van der Waals surface area contributed by atoms with Crippen LogP contribution in [0.2, 0.25) is 0 Å². The van der Waals surface area contributed by atoms with Crippen molar-refractivity contribution in [1.82, 2.24) is 10.3 Å². The summed E-state index contributed by atoms with van der Waals surface area (Å²) in [4.78, 5) is 28.2. The number of benzene rings is 2. The van der Waals surface area contributed by atoms with Crippen LogP contribution < -0.4 is 10.8 Å². The number of aromatic nitrogens is 1. The summed E-state index contributed by atoms with van der Waals surface area (Å²) in [6.45, 7) is 0.309. The summed E-state index contributed by atoms with van der Waals surface area (Å²) in [6, 6.07) is 11.9. The van der Waals surface area contributed by atoms with Crippen LogP contribution in [0, 0.1) is 0 Å². The van der Waals surface area contributed by atoms with Gasteiger partial charge in [-0.15, -0.1) is 0 Å². The van der Waals surface area contributed by atoms with Crippen LogP contribution in [0.5, 0.6) is 0 Å². The van der Waals surface area contributed by atoms with Crippen LogP contribution in [-0.4, -0.2) is 42.2 Å². The molecule has 4 rings (SSSR count). The number of nitrogens with one attached hydrogen (secondary N) is 2. The van der Waals surface area contributed by atoms with Gasteiger partial charge in [0, 0.05) is 29.1 Å². The molecule has 7 nitrogen and oxygen atoms in total. The van der Waals surface area contributed by atoms with Crippen LogP contribution in [0.15, 0.2) is 48.7 Å². The minimum absolute atomic E-state index is 0.291. The molecular formula is C20H19BN2O5. The van der Waals surface area contributed by atoms with E-state index in [0.29, 0.717) is 24.1 Å². The van der Waals surface area contributed by atoms with Gasteiger partial charge in [0.05, 0.1) is 13.7 Å². The molecule has 0 saturated carbocycles. The van der Waals surface area contributed by atoms with E-state index in [9.17, 15) is 14.6 Å². The number of aromatic amines is 1. The first-order valence-electron chi connectivity index (χ1n) is 8.93. The molecule has 0 saturated heterocycles. The van der Waals surface area contributed by atoms with Crippen molar-refractivity contribution in [3.8, 4) is 0 Å². The third-order valence-electron chi connectivity index (χ3n) is 4.96. The Kier molecular flexibility index (Phi) is 4.89. The molecule has 1 atom stereocenters. The minimum Gasteiger partial charge on any atom is -0.467 e. The summed E-state index contributed by atoms with van der Waals surface area (Å²) in [5, 5.41) is 13.6. The van der Waals surface area contributed by atoms with E-state index in [0.717, 1.165) is 22.0 Å². The van der Waals surface area contributed by atoms with Crippen LogP contribution >= 0.6 is 0 Å². The quantitative estimate of drug-likeness (QED) is 0.453. The first-order chi connectivity index (χ1) is 13.6. The van der Waals surface area contributed by atoms with Crippen LogP contribution in [0.3, 0.4) is 0 Å². The van der Waals surface area contributed by atoms with Gasteiger partial charge in [0.2, 0.25) is 0 Å². The zero-order chi connectivity index (χ0) is 19.7. The fraction of sp³-hybridized carbons (Fsp3) is 0.200. The van der Waals surface area contributed by atoms with E-state index in [4.69, 9.17) is 9.39 Å². The van der Waals surface area contributed by atoms with Crippen molar-refractivity contribution < 1.29 is 24.0 Å². The van der Waals surface area contributed by atoms with Gasteiger partial charge >= 0.3 is 13.1 Å². The van der Waals surface area contributed by atoms with Crippen molar-refractivity contribution >= 4 is 35.4 Å². The number of ether oxygens (including phenoxy) is 1. The number of H-pyrrole nitrogens is 1. The van der Waals surface area contributed by atoms with Gasteiger partial charge in [-0.2, -0.15) is 0 Å². The second kappa shape index (κ2) is 7.50. The Labute approximate surface area is 161 Å². The largest absolute Gasteiger partial charge is 0.491 e. The summed E-state index contributed by atoms with van der Waals surface area (Å²) >= 11 is 0. The zero-order valence-electron chi connectivity index (χ0n) is 15.3. The number of methoxy groups -OCH3 is 1. The van der Waals surface area contributed by atoms with Gasteiger partial charge in [-0.1, -0.05) is 24.3 Å². The highest BCUT2D eigenvalue weighted by atomic mass is 16.5. The molecule has 0 unspecified atom stereocenters. The van der Waals surface area contributed by atoms with Crippen molar-refractivity contribution in [3.63, 3.8) is 0 Å². The molecule has 142 valence electrons. The molecule has 1 amide bonds. The molecular weight excluding hydrogens is 359 g/mol. The van der Waals surface area contributed by atoms with Gasteiger partial charge in [-0.05, 0) is 34.8 Å². The third-order valence-corrected chi connectivity index (χ3v) is 4.96. The molecule has 0 radical (unpaired) electrons. The van der Waals surface area contributed by atoms with Crippen LogP contribution in [-0.2, 0) is 27.2 Å². The van der Waals surface area contributed by atoms with E-state index in [1.165, 1.54) is 7.11 Å². The number of carbonyl (C=O) groups excluding carboxylic acids is 2. The molecule has 0 fully saturated rings. The molecule has 3 aromatic rings. The number of amides is 1. The predicted octanol–water partition coefficient (Wildman–Crippen LogP) is 0.900. The van der Waals surface area contributed by atoms with Crippen molar-refractivity contribution in [2.75, 3.05) is 7.11 Å². The first-order valence-corrected chi connectivity index (χ1v) is 8.93. The summed E-state index contributed by atoms with van der Waals surface area (Å²) in [6.07, 6.45) is 2.12. The SMILES string of the molecule is COC(=O)[C@H](Cc1c[nH]c2ccccc12)NC(=O)c1ccc2c(c1)B(O)OC2. The summed E-state index contributed by atoms with van der Waals surface area (Å²) in [7, 11) is 0.255. The fourth-order valence-corrected chi connectivity index (χ4v) is 3.45. The molecule has 1 aliphatic heterocycles. The van der Waals surface area contributed by atoms with E-state index in [1.54, 1.807) is 18.2 Å². The Morgan fingerprint density at radius 2 is 2.14 bits per heavy atom. The molecule has 2 aromatic carbocycles. The lowest BCUT2D eigenvalue weighted by atomic mass is 9.78. The lowest BCUT2D eigenvalue weighted by Gasteiger charge is -2.16. The molecule has 1 aromatic heterocycles. The van der Waals surface area contributed by atoms with E-state index < -0.39 is 25.0 Å². The standard InChI is InChI=1S/C20H19BN2O5/c1-27-20(25)18(9-14-10-22-17-5-3-2-4-15(14)17)23-19(24)12-6-7-13-11-28-21(26)16(13)8-12/h2-8,10,18,22,26H,9,11H2,1H3,(H,23,24)/t18-/m0/s1. The Morgan fingerprint density at radius 3 is 2.96 bits per heavy atom. The molecule has 3 N–H and O–H groups in total. The van der Waals surface area contributed by atoms with Gasteiger partial charge in [0.1, 0.15) is 6.04 Å². The van der Waals surface area contributed by atoms with Gasteiger partial charge < -0.3 is 24.7 Å². The highest BCUT2D eigenvalue weighted by Gasteiger charge is 2.29. The van der Waals surface area contributed by atoms with E-state index >= 15 is 0 Å². The number of para-hydroxylation sites is 1. The number of carbonyl (C=O) groups is 2. The van der Waals surface area contributed by atoms with E-state index in [2.05, 4.69) is 10.3 Å². The van der Waals surface area contributed by atoms with Crippen molar-refractivity contribution in [1.29, 1.82) is 0 Å². The van der Waals surface area contributed by atoms with Crippen molar-refractivity contribution in [2.45, 2.75) is 19.1 Å². The molecule has 0 spiro atoms. The molecule has 8 heteroatoms. The summed E-state index contributed by atoms with van der Waals surface area (Å²) in [5.41, 5.74) is 3.62. The third kappa shape index (κ3) is 3.39. The van der Waals surface area contributed by atoms with Gasteiger partial charge in [0.25, 0.3) is 5.91 Å². The predicted molar refractivity (Wildman–Crippen MR) is 104 cm³/mol. The maximum atomic E-state index is 12.7. The fourth-order valence-electron chi connectivity index (χ4n) is 3.45. The summed E-state index contributed by atoms with van der Waals surface area (Å²) in [5.74, 6) is -0.944. The minimum atomic E-state index is -1.04. The average Bonchev–Trinajstić information content (AvgIpc) is 3.30. The first kappa shape index (κ1) is 18.3. The van der Waals surface area contributed by atoms with Gasteiger partial charge in [-0.25, -0.2) is 4.79 Å². The monoisotopic (exact) mass is 378 g/mol. The van der Waals surface area contributed by atoms with E-state index in [1.807, 2.05) is 30.5 Å². The topological polar surface area (TPSA) is 101 Å². The Hall–Kier alpha value is -3.10. The smallest absolute Gasteiger partial charge is 0.467 e.